The molecule has 1 saturated carbocycles. The van der Waals surface area contributed by atoms with Crippen LogP contribution in [-0.4, -0.2) is 39.1 Å². The number of hydrogen-bond acceptors (Lipinski definition) is 4. The number of nitrogens with one attached hydrogen (secondary N) is 1. The molecule has 0 unspecified atom stereocenters. The number of rotatable bonds is 3. The van der Waals surface area contributed by atoms with Gasteiger partial charge in [0, 0.05) is 26.2 Å². The van der Waals surface area contributed by atoms with E-state index in [0.29, 0.717) is 19.3 Å². The summed E-state index contributed by atoms with van der Waals surface area (Å²) in [6, 6.07) is 1.23. The van der Waals surface area contributed by atoms with Crippen LogP contribution in [0.2, 0.25) is 0 Å². The van der Waals surface area contributed by atoms with E-state index >= 15 is 0 Å². The quantitative estimate of drug-likeness (QED) is 0.800. The molecule has 0 aromatic carbocycles. The second-order valence-corrected chi connectivity index (χ2v) is 5.38. The molecule has 2 aliphatic rings. The lowest BCUT2D eigenvalue weighted by Gasteiger charge is -2.44. The molecule has 1 aromatic heterocycles. The maximum atomic E-state index is 12.4. The fourth-order valence-electron chi connectivity index (χ4n) is 2.73. The molecule has 1 aliphatic carbocycles. The summed E-state index contributed by atoms with van der Waals surface area (Å²) in [7, 11) is 1.81. The van der Waals surface area contributed by atoms with Crippen molar-refractivity contribution in [1.29, 1.82) is 0 Å². The van der Waals surface area contributed by atoms with E-state index in [4.69, 9.17) is 0 Å². The number of amides is 4. The first-order chi connectivity index (χ1) is 9.53. The first-order valence-corrected chi connectivity index (χ1v) is 6.69. The predicted octanol–water partition coefficient (Wildman–Crippen LogP) is 0.211. The van der Waals surface area contributed by atoms with Crippen LogP contribution in [0.5, 0.6) is 0 Å². The molecule has 3 rings (SSSR count). The summed E-state index contributed by atoms with van der Waals surface area (Å²) >= 11 is 0. The molecule has 7 nitrogen and oxygen atoms in total. The zero-order valence-electron chi connectivity index (χ0n) is 11.3. The predicted molar refractivity (Wildman–Crippen MR) is 68.4 cm³/mol. The van der Waals surface area contributed by atoms with Crippen LogP contribution < -0.4 is 5.32 Å². The van der Waals surface area contributed by atoms with E-state index in [1.807, 2.05) is 19.3 Å². The van der Waals surface area contributed by atoms with Gasteiger partial charge >= 0.3 is 6.03 Å². The molecule has 4 amide bonds. The standard InChI is InChI=1S/C13H16N4O3/c1-16-7-3-9(15-16)4-8-17-11(19)13(5-2-6-13)10(18)14-12(17)20/h3,7H,2,4-6,8H2,1H3,(H,14,18,20). The van der Waals surface area contributed by atoms with E-state index in [9.17, 15) is 14.4 Å². The number of urea groups is 1. The van der Waals surface area contributed by atoms with Gasteiger partial charge in [0.15, 0.2) is 0 Å². The highest BCUT2D eigenvalue weighted by Gasteiger charge is 2.57. The van der Waals surface area contributed by atoms with E-state index < -0.39 is 17.4 Å². The van der Waals surface area contributed by atoms with Crippen LogP contribution in [0.4, 0.5) is 4.79 Å². The minimum absolute atomic E-state index is 0.247. The Morgan fingerprint density at radius 2 is 2.10 bits per heavy atom. The molecule has 0 bridgehead atoms. The first-order valence-electron chi connectivity index (χ1n) is 6.69. The lowest BCUT2D eigenvalue weighted by molar-refractivity contribution is -0.157. The number of aromatic nitrogens is 2. The summed E-state index contributed by atoms with van der Waals surface area (Å²) in [5.41, 5.74) is -0.175. The zero-order chi connectivity index (χ0) is 14.3. The molecule has 1 aromatic rings. The summed E-state index contributed by atoms with van der Waals surface area (Å²) in [5, 5.41) is 6.51. The Kier molecular flexibility index (Phi) is 2.84. The van der Waals surface area contributed by atoms with Crippen LogP contribution in [0.25, 0.3) is 0 Å². The van der Waals surface area contributed by atoms with Crippen molar-refractivity contribution in [3.05, 3.63) is 18.0 Å². The molecule has 1 N–H and O–H groups in total. The van der Waals surface area contributed by atoms with Crippen LogP contribution in [0.1, 0.15) is 25.0 Å². The van der Waals surface area contributed by atoms with Crippen molar-refractivity contribution < 1.29 is 14.4 Å². The van der Waals surface area contributed by atoms with E-state index in [2.05, 4.69) is 10.4 Å². The maximum absolute atomic E-state index is 12.4. The van der Waals surface area contributed by atoms with Crippen LogP contribution in [0, 0.1) is 5.41 Å². The topological polar surface area (TPSA) is 84.3 Å². The Morgan fingerprint density at radius 3 is 2.65 bits per heavy atom. The van der Waals surface area contributed by atoms with Crippen molar-refractivity contribution in [2.75, 3.05) is 6.54 Å². The third-order valence-electron chi connectivity index (χ3n) is 4.12. The fourth-order valence-corrected chi connectivity index (χ4v) is 2.73. The molecular weight excluding hydrogens is 260 g/mol. The summed E-state index contributed by atoms with van der Waals surface area (Å²) < 4.78 is 1.67. The summed E-state index contributed by atoms with van der Waals surface area (Å²) in [4.78, 5) is 37.2. The second kappa shape index (κ2) is 4.43. The van der Waals surface area contributed by atoms with E-state index in [1.54, 1.807) is 4.68 Å². The molecule has 2 fully saturated rings. The van der Waals surface area contributed by atoms with Gasteiger partial charge in [-0.2, -0.15) is 5.10 Å². The van der Waals surface area contributed by atoms with Crippen molar-refractivity contribution in [3.8, 4) is 0 Å². The van der Waals surface area contributed by atoms with Crippen LogP contribution in [-0.2, 0) is 23.1 Å². The maximum Gasteiger partial charge on any atom is 0.330 e. The van der Waals surface area contributed by atoms with Gasteiger partial charge in [-0.1, -0.05) is 6.42 Å². The van der Waals surface area contributed by atoms with Gasteiger partial charge in [-0.15, -0.1) is 0 Å². The molecule has 1 aliphatic heterocycles. The molecule has 0 atom stereocenters. The number of carbonyl (C=O) groups is 3. The van der Waals surface area contributed by atoms with Crippen molar-refractivity contribution >= 4 is 17.8 Å². The van der Waals surface area contributed by atoms with E-state index in [1.165, 1.54) is 0 Å². The van der Waals surface area contributed by atoms with Gasteiger partial charge < -0.3 is 0 Å². The lowest BCUT2D eigenvalue weighted by atomic mass is 9.66. The number of hydrogen-bond donors (Lipinski definition) is 1. The Morgan fingerprint density at radius 1 is 1.35 bits per heavy atom. The lowest BCUT2D eigenvalue weighted by Crippen LogP contribution is -2.66. The van der Waals surface area contributed by atoms with Gasteiger partial charge in [0.25, 0.3) is 0 Å². The minimum Gasteiger partial charge on any atom is -0.277 e. The monoisotopic (exact) mass is 276 g/mol. The molecule has 106 valence electrons. The molecule has 1 spiro atoms. The second-order valence-electron chi connectivity index (χ2n) is 5.38. The van der Waals surface area contributed by atoms with Gasteiger partial charge in [-0.3, -0.25) is 24.5 Å². The highest BCUT2D eigenvalue weighted by Crippen LogP contribution is 2.44. The van der Waals surface area contributed by atoms with Crippen molar-refractivity contribution in [2.24, 2.45) is 12.5 Å². The van der Waals surface area contributed by atoms with Crippen LogP contribution >= 0.6 is 0 Å². The molecule has 1 saturated heterocycles. The summed E-state index contributed by atoms with van der Waals surface area (Å²) in [5.74, 6) is -0.790. The van der Waals surface area contributed by atoms with Crippen molar-refractivity contribution in [2.45, 2.75) is 25.7 Å². The number of barbiturate groups is 1. The molecule has 7 heteroatoms. The number of aryl methyl sites for hydroxylation is 1. The Hall–Kier alpha value is -2.18. The minimum atomic E-state index is -0.988. The highest BCUT2D eigenvalue weighted by molar-refractivity contribution is 6.19. The molecule has 20 heavy (non-hydrogen) atoms. The largest absolute Gasteiger partial charge is 0.330 e. The van der Waals surface area contributed by atoms with Crippen LogP contribution in [0.3, 0.4) is 0 Å². The van der Waals surface area contributed by atoms with Crippen molar-refractivity contribution in [1.82, 2.24) is 20.0 Å². The van der Waals surface area contributed by atoms with Gasteiger partial charge in [0.1, 0.15) is 5.41 Å². The summed E-state index contributed by atoms with van der Waals surface area (Å²) in [6.07, 6.45) is 4.21. The third kappa shape index (κ3) is 1.81. The summed E-state index contributed by atoms with van der Waals surface area (Å²) in [6.45, 7) is 0.247. The number of nitrogens with zero attached hydrogens (tertiary/aromatic N) is 3. The van der Waals surface area contributed by atoms with Gasteiger partial charge in [-0.05, 0) is 18.9 Å². The Labute approximate surface area is 115 Å². The fraction of sp³-hybridized carbons (Fsp3) is 0.538. The van der Waals surface area contributed by atoms with E-state index in [0.717, 1.165) is 17.0 Å². The normalized spacial score (nSPS) is 21.1. The zero-order valence-corrected chi connectivity index (χ0v) is 11.3. The highest BCUT2D eigenvalue weighted by atomic mass is 16.2. The van der Waals surface area contributed by atoms with Crippen LogP contribution in [0.15, 0.2) is 12.3 Å². The average Bonchev–Trinajstić information content (AvgIpc) is 2.72. The van der Waals surface area contributed by atoms with Crippen molar-refractivity contribution in [3.63, 3.8) is 0 Å². The number of imide groups is 2. The first kappa shape index (κ1) is 12.8. The molecular formula is C13H16N4O3. The third-order valence-corrected chi connectivity index (χ3v) is 4.12. The van der Waals surface area contributed by atoms with Gasteiger partial charge in [0.05, 0.1) is 5.69 Å². The smallest absolute Gasteiger partial charge is 0.277 e. The molecule has 0 radical (unpaired) electrons. The Bertz CT molecular complexity index is 588. The SMILES string of the molecule is Cn1ccc(CCN2C(=O)NC(=O)C3(CCC3)C2=O)n1. The average molecular weight is 276 g/mol. The number of carbonyl (C=O) groups excluding carboxylic acids is 3. The van der Waals surface area contributed by atoms with Gasteiger partial charge in [0.2, 0.25) is 11.8 Å². The van der Waals surface area contributed by atoms with E-state index in [-0.39, 0.29) is 12.5 Å². The van der Waals surface area contributed by atoms with Gasteiger partial charge in [-0.25, -0.2) is 4.79 Å². The Balaban J connectivity index is 1.73. The molecule has 2 heterocycles.